The zero-order valence-electron chi connectivity index (χ0n) is 11.4. The maximum absolute atomic E-state index is 13.0. The van der Waals surface area contributed by atoms with Gasteiger partial charge in [0.25, 0.3) is 0 Å². The number of nitrogens with one attached hydrogen (secondary N) is 1. The Morgan fingerprint density at radius 2 is 2.10 bits per heavy atom. The van der Waals surface area contributed by atoms with Gasteiger partial charge in [0.2, 0.25) is 0 Å². The van der Waals surface area contributed by atoms with Gasteiger partial charge < -0.3 is 5.11 Å². The Morgan fingerprint density at radius 1 is 1.33 bits per heavy atom. The second-order valence-corrected chi connectivity index (χ2v) is 5.85. The number of benzene rings is 1. The van der Waals surface area contributed by atoms with E-state index in [2.05, 4.69) is 15.2 Å². The molecule has 0 saturated carbocycles. The Hall–Kier alpha value is -2.05. The third-order valence-electron chi connectivity index (χ3n) is 3.23. The van der Waals surface area contributed by atoms with Crippen molar-refractivity contribution in [3.8, 4) is 11.3 Å². The molecule has 0 saturated heterocycles. The van der Waals surface area contributed by atoms with Crippen LogP contribution in [0.1, 0.15) is 22.4 Å². The highest BCUT2D eigenvalue weighted by molar-refractivity contribution is 7.09. The SMILES string of the molecule is Cc1nc(CC(O)c2cn[nH]c2-c2ccc(F)cc2)cs1. The lowest BCUT2D eigenvalue weighted by molar-refractivity contribution is 0.178. The van der Waals surface area contributed by atoms with Crippen LogP contribution in [0.3, 0.4) is 0 Å². The molecule has 2 heterocycles. The van der Waals surface area contributed by atoms with Gasteiger partial charge in [-0.2, -0.15) is 5.10 Å². The highest BCUT2D eigenvalue weighted by atomic mass is 32.1. The number of aromatic nitrogens is 3. The standard InChI is InChI=1S/C15H14FN3OS/c1-9-18-12(8-21-9)6-14(20)13-7-17-19-15(13)10-2-4-11(16)5-3-10/h2-5,7-8,14,20H,6H2,1H3,(H,17,19). The van der Waals surface area contributed by atoms with Crippen LogP contribution in [-0.2, 0) is 6.42 Å². The zero-order valence-corrected chi connectivity index (χ0v) is 12.2. The molecule has 0 radical (unpaired) electrons. The van der Waals surface area contributed by atoms with Gasteiger partial charge in [-0.25, -0.2) is 9.37 Å². The summed E-state index contributed by atoms with van der Waals surface area (Å²) in [7, 11) is 0. The molecule has 3 aromatic rings. The normalized spacial score (nSPS) is 12.5. The fourth-order valence-electron chi connectivity index (χ4n) is 2.21. The molecule has 4 nitrogen and oxygen atoms in total. The van der Waals surface area contributed by atoms with Crippen molar-refractivity contribution in [1.82, 2.24) is 15.2 Å². The van der Waals surface area contributed by atoms with Crippen molar-refractivity contribution in [3.63, 3.8) is 0 Å². The number of aliphatic hydroxyl groups is 1. The van der Waals surface area contributed by atoms with Crippen molar-refractivity contribution < 1.29 is 9.50 Å². The lowest BCUT2D eigenvalue weighted by Crippen LogP contribution is -2.03. The Morgan fingerprint density at radius 3 is 2.76 bits per heavy atom. The van der Waals surface area contributed by atoms with E-state index in [9.17, 15) is 9.50 Å². The molecule has 1 atom stereocenters. The Bertz CT molecular complexity index is 735. The molecule has 0 bridgehead atoms. The van der Waals surface area contributed by atoms with Crippen molar-refractivity contribution in [3.05, 3.63) is 57.9 Å². The Kier molecular flexibility index (Phi) is 3.81. The maximum Gasteiger partial charge on any atom is 0.123 e. The van der Waals surface area contributed by atoms with E-state index in [1.54, 1.807) is 29.7 Å². The third-order valence-corrected chi connectivity index (χ3v) is 4.05. The van der Waals surface area contributed by atoms with Gasteiger partial charge in [-0.15, -0.1) is 11.3 Å². The van der Waals surface area contributed by atoms with E-state index in [0.29, 0.717) is 17.7 Å². The second-order valence-electron chi connectivity index (χ2n) is 4.79. The van der Waals surface area contributed by atoms with Crippen molar-refractivity contribution in [2.45, 2.75) is 19.4 Å². The van der Waals surface area contributed by atoms with Gasteiger partial charge in [0.05, 0.1) is 28.7 Å². The fourth-order valence-corrected chi connectivity index (χ4v) is 2.83. The molecule has 1 aromatic carbocycles. The van der Waals surface area contributed by atoms with Crippen molar-refractivity contribution >= 4 is 11.3 Å². The predicted octanol–water partition coefficient (Wildman–Crippen LogP) is 3.26. The molecule has 1 unspecified atom stereocenters. The molecule has 0 aliphatic rings. The average molecular weight is 303 g/mol. The van der Waals surface area contributed by atoms with Crippen LogP contribution in [0.4, 0.5) is 4.39 Å². The summed E-state index contributed by atoms with van der Waals surface area (Å²) in [5.41, 5.74) is 3.04. The summed E-state index contributed by atoms with van der Waals surface area (Å²) in [5.74, 6) is -0.293. The van der Waals surface area contributed by atoms with Gasteiger partial charge in [-0.1, -0.05) is 0 Å². The average Bonchev–Trinajstić information content (AvgIpc) is 3.09. The quantitative estimate of drug-likeness (QED) is 0.777. The van der Waals surface area contributed by atoms with Crippen LogP contribution < -0.4 is 0 Å². The number of nitrogens with zero attached hydrogens (tertiary/aromatic N) is 2. The number of hydrogen-bond donors (Lipinski definition) is 2. The lowest BCUT2D eigenvalue weighted by atomic mass is 10.0. The summed E-state index contributed by atoms with van der Waals surface area (Å²) in [6.07, 6.45) is 1.33. The van der Waals surface area contributed by atoms with Gasteiger partial charge in [0.15, 0.2) is 0 Å². The maximum atomic E-state index is 13.0. The van der Waals surface area contributed by atoms with Crippen LogP contribution in [0.15, 0.2) is 35.8 Å². The van der Waals surface area contributed by atoms with Crippen molar-refractivity contribution in [2.24, 2.45) is 0 Å². The van der Waals surface area contributed by atoms with Gasteiger partial charge in [-0.3, -0.25) is 5.10 Å². The number of H-pyrrole nitrogens is 1. The van der Waals surface area contributed by atoms with Crippen LogP contribution in [0.25, 0.3) is 11.3 Å². The van der Waals surface area contributed by atoms with E-state index in [0.717, 1.165) is 16.3 Å². The molecule has 2 N–H and O–H groups in total. The molecule has 6 heteroatoms. The molecule has 0 aliphatic heterocycles. The topological polar surface area (TPSA) is 61.8 Å². The van der Waals surface area contributed by atoms with Crippen LogP contribution in [-0.4, -0.2) is 20.3 Å². The monoisotopic (exact) mass is 303 g/mol. The number of aromatic amines is 1. The first-order chi connectivity index (χ1) is 10.1. The van der Waals surface area contributed by atoms with E-state index in [-0.39, 0.29) is 5.82 Å². The molecular weight excluding hydrogens is 289 g/mol. The summed E-state index contributed by atoms with van der Waals surface area (Å²) in [6, 6.07) is 6.09. The summed E-state index contributed by atoms with van der Waals surface area (Å²) in [4.78, 5) is 4.35. The minimum Gasteiger partial charge on any atom is -0.388 e. The van der Waals surface area contributed by atoms with E-state index in [1.165, 1.54) is 12.1 Å². The lowest BCUT2D eigenvalue weighted by Gasteiger charge is -2.10. The molecule has 3 rings (SSSR count). The predicted molar refractivity (Wildman–Crippen MR) is 79.5 cm³/mol. The molecule has 2 aromatic heterocycles. The van der Waals surface area contributed by atoms with E-state index >= 15 is 0 Å². The van der Waals surface area contributed by atoms with E-state index in [1.807, 2.05) is 12.3 Å². The van der Waals surface area contributed by atoms with Gasteiger partial charge in [-0.05, 0) is 31.2 Å². The summed E-state index contributed by atoms with van der Waals surface area (Å²) < 4.78 is 13.0. The number of aryl methyl sites for hydroxylation is 1. The van der Waals surface area contributed by atoms with Crippen LogP contribution >= 0.6 is 11.3 Å². The number of halogens is 1. The van der Waals surface area contributed by atoms with Gasteiger partial charge in [0.1, 0.15) is 5.82 Å². The molecule has 108 valence electrons. The second kappa shape index (κ2) is 5.75. The largest absolute Gasteiger partial charge is 0.388 e. The summed E-state index contributed by atoms with van der Waals surface area (Å²) >= 11 is 1.56. The van der Waals surface area contributed by atoms with E-state index < -0.39 is 6.10 Å². The highest BCUT2D eigenvalue weighted by Crippen LogP contribution is 2.28. The molecule has 21 heavy (non-hydrogen) atoms. The number of hydrogen-bond acceptors (Lipinski definition) is 4. The van der Waals surface area contributed by atoms with Crippen LogP contribution in [0, 0.1) is 12.7 Å². The minimum absolute atomic E-state index is 0.293. The first kappa shape index (κ1) is 13.9. The fraction of sp³-hybridized carbons (Fsp3) is 0.200. The van der Waals surface area contributed by atoms with Gasteiger partial charge in [0, 0.05) is 22.9 Å². The van der Waals surface area contributed by atoms with Gasteiger partial charge >= 0.3 is 0 Å². The Balaban J connectivity index is 1.86. The number of rotatable bonds is 4. The van der Waals surface area contributed by atoms with E-state index in [4.69, 9.17) is 0 Å². The molecule has 0 amide bonds. The first-order valence-electron chi connectivity index (χ1n) is 6.52. The summed E-state index contributed by atoms with van der Waals surface area (Å²) in [5, 5.41) is 20.2. The minimum atomic E-state index is -0.703. The van der Waals surface area contributed by atoms with Crippen molar-refractivity contribution in [1.29, 1.82) is 0 Å². The first-order valence-corrected chi connectivity index (χ1v) is 7.39. The molecular formula is C15H14FN3OS. The smallest absolute Gasteiger partial charge is 0.123 e. The Labute approximate surface area is 125 Å². The molecule has 0 fully saturated rings. The number of aliphatic hydroxyl groups excluding tert-OH is 1. The number of thiazole rings is 1. The highest BCUT2D eigenvalue weighted by Gasteiger charge is 2.17. The van der Waals surface area contributed by atoms with Crippen LogP contribution in [0.2, 0.25) is 0 Å². The van der Waals surface area contributed by atoms with Crippen LogP contribution in [0.5, 0.6) is 0 Å². The zero-order chi connectivity index (χ0) is 14.8. The third kappa shape index (κ3) is 3.01. The molecule has 0 spiro atoms. The summed E-state index contributed by atoms with van der Waals surface area (Å²) in [6.45, 7) is 1.93. The molecule has 0 aliphatic carbocycles. The van der Waals surface area contributed by atoms with Crippen molar-refractivity contribution in [2.75, 3.05) is 0 Å².